The molecular formula is C16H24O4. The maximum absolute atomic E-state index is 11.3. The van der Waals surface area contributed by atoms with Crippen LogP contribution in [0.3, 0.4) is 0 Å². The van der Waals surface area contributed by atoms with E-state index in [1.807, 2.05) is 6.08 Å². The van der Waals surface area contributed by atoms with Gasteiger partial charge in [0.15, 0.2) is 0 Å². The molecule has 1 fully saturated rings. The van der Waals surface area contributed by atoms with E-state index in [4.69, 9.17) is 4.74 Å². The molecule has 0 aliphatic heterocycles. The summed E-state index contributed by atoms with van der Waals surface area (Å²) in [6, 6.07) is 0. The van der Waals surface area contributed by atoms with Crippen molar-refractivity contribution < 1.29 is 19.4 Å². The number of aliphatic hydroxyl groups excluding tert-OH is 1. The minimum Gasteiger partial charge on any atom is -0.462 e. The van der Waals surface area contributed by atoms with Gasteiger partial charge < -0.3 is 9.84 Å². The van der Waals surface area contributed by atoms with Gasteiger partial charge in [0.25, 0.3) is 0 Å². The Balaban J connectivity index is 2.34. The Hall–Kier alpha value is -1.16. The molecule has 2 aliphatic rings. The molecule has 0 aromatic carbocycles. The summed E-state index contributed by atoms with van der Waals surface area (Å²) in [5, 5.41) is 10.1. The van der Waals surface area contributed by atoms with Gasteiger partial charge in [-0.3, -0.25) is 9.59 Å². The van der Waals surface area contributed by atoms with Crippen LogP contribution in [0.2, 0.25) is 0 Å². The van der Waals surface area contributed by atoms with Crippen LogP contribution in [0.5, 0.6) is 0 Å². The number of fused-ring (bicyclic) bond motifs is 1. The third kappa shape index (κ3) is 2.41. The second-order valence-corrected chi connectivity index (χ2v) is 7.03. The second kappa shape index (κ2) is 4.99. The van der Waals surface area contributed by atoms with E-state index in [-0.39, 0.29) is 28.8 Å². The highest BCUT2D eigenvalue weighted by Crippen LogP contribution is 2.57. The topological polar surface area (TPSA) is 63.6 Å². The Kier molecular flexibility index (Phi) is 3.80. The van der Waals surface area contributed by atoms with Crippen molar-refractivity contribution in [2.75, 3.05) is 0 Å². The average molecular weight is 280 g/mol. The van der Waals surface area contributed by atoms with Crippen LogP contribution >= 0.6 is 0 Å². The molecule has 2 rings (SSSR count). The van der Waals surface area contributed by atoms with Gasteiger partial charge >= 0.3 is 5.97 Å². The summed E-state index contributed by atoms with van der Waals surface area (Å²) in [7, 11) is 0. The molecule has 0 heterocycles. The molecular weight excluding hydrogens is 256 g/mol. The molecule has 0 aromatic rings. The summed E-state index contributed by atoms with van der Waals surface area (Å²) in [6.07, 6.45) is 4.06. The maximum atomic E-state index is 11.3. The van der Waals surface area contributed by atoms with Crippen LogP contribution in [0.1, 0.15) is 47.0 Å². The van der Waals surface area contributed by atoms with Crippen LogP contribution in [-0.2, 0) is 14.3 Å². The summed E-state index contributed by atoms with van der Waals surface area (Å²) >= 11 is 0. The molecule has 0 saturated heterocycles. The number of carbonyl (C=O) groups is 2. The van der Waals surface area contributed by atoms with Crippen LogP contribution in [0.4, 0.5) is 0 Å². The zero-order valence-corrected chi connectivity index (χ0v) is 12.7. The minimum atomic E-state index is -0.707. The van der Waals surface area contributed by atoms with Crippen molar-refractivity contribution in [3.8, 4) is 0 Å². The highest BCUT2D eigenvalue weighted by molar-refractivity contribution is 5.75. The Morgan fingerprint density at radius 2 is 2.10 bits per heavy atom. The van der Waals surface area contributed by atoms with Gasteiger partial charge in [0.05, 0.1) is 6.10 Å². The quantitative estimate of drug-likeness (QED) is 0.622. The Bertz CT molecular complexity index is 451. The number of ether oxygens (including phenoxy) is 1. The fourth-order valence-corrected chi connectivity index (χ4v) is 4.17. The van der Waals surface area contributed by atoms with Gasteiger partial charge in [0.2, 0.25) is 0 Å². The van der Waals surface area contributed by atoms with E-state index in [1.54, 1.807) is 0 Å². The average Bonchev–Trinajstić information content (AvgIpc) is 2.35. The zero-order valence-electron chi connectivity index (χ0n) is 12.7. The lowest BCUT2D eigenvalue weighted by Crippen LogP contribution is -2.53. The van der Waals surface area contributed by atoms with Gasteiger partial charge in [0.1, 0.15) is 12.4 Å². The number of aliphatic hydroxyl groups is 1. The number of esters is 1. The fourth-order valence-electron chi connectivity index (χ4n) is 4.17. The molecule has 4 nitrogen and oxygen atoms in total. The number of allylic oxidation sites excluding steroid dienone is 1. The molecule has 4 heteroatoms. The Morgan fingerprint density at radius 3 is 2.65 bits per heavy atom. The molecule has 112 valence electrons. The molecule has 0 amide bonds. The third-order valence-electron chi connectivity index (χ3n) is 5.25. The van der Waals surface area contributed by atoms with Crippen LogP contribution in [-0.4, -0.2) is 29.6 Å². The van der Waals surface area contributed by atoms with E-state index in [9.17, 15) is 14.7 Å². The van der Waals surface area contributed by atoms with Gasteiger partial charge in [-0.1, -0.05) is 26.8 Å². The summed E-state index contributed by atoms with van der Waals surface area (Å²) in [5.41, 5.74) is 0.158. The molecule has 1 unspecified atom stereocenters. The van der Waals surface area contributed by atoms with Gasteiger partial charge in [-0.25, -0.2) is 0 Å². The second-order valence-electron chi connectivity index (χ2n) is 7.03. The summed E-state index contributed by atoms with van der Waals surface area (Å²) in [4.78, 5) is 22.3. The SMILES string of the molecule is CC(=O)O[C@H]1CC[C@]2(C)C=C(C=O)[C@@H](O)CC2C1(C)C. The zero-order chi connectivity index (χ0) is 15.1. The van der Waals surface area contributed by atoms with Crippen molar-refractivity contribution in [2.45, 2.75) is 59.2 Å². The van der Waals surface area contributed by atoms with Crippen molar-refractivity contribution >= 4 is 12.3 Å². The molecule has 0 bridgehead atoms. The molecule has 0 spiro atoms. The lowest BCUT2D eigenvalue weighted by atomic mass is 9.51. The molecule has 4 atom stereocenters. The van der Waals surface area contributed by atoms with Crippen LogP contribution < -0.4 is 0 Å². The molecule has 1 saturated carbocycles. The van der Waals surface area contributed by atoms with E-state index < -0.39 is 6.10 Å². The van der Waals surface area contributed by atoms with Gasteiger partial charge in [-0.15, -0.1) is 0 Å². The van der Waals surface area contributed by atoms with Crippen LogP contribution in [0.25, 0.3) is 0 Å². The maximum Gasteiger partial charge on any atom is 0.302 e. The molecule has 1 N–H and O–H groups in total. The molecule has 2 aliphatic carbocycles. The number of aldehydes is 1. The molecule has 0 aromatic heterocycles. The lowest BCUT2D eigenvalue weighted by molar-refractivity contribution is -0.167. The molecule has 0 radical (unpaired) electrons. The number of rotatable bonds is 2. The smallest absolute Gasteiger partial charge is 0.302 e. The van der Waals surface area contributed by atoms with Gasteiger partial charge in [-0.05, 0) is 30.6 Å². The lowest BCUT2D eigenvalue weighted by Gasteiger charge is -2.55. The van der Waals surface area contributed by atoms with Gasteiger partial charge in [-0.2, -0.15) is 0 Å². The van der Waals surface area contributed by atoms with Crippen molar-refractivity contribution in [3.05, 3.63) is 11.6 Å². The molecule has 20 heavy (non-hydrogen) atoms. The van der Waals surface area contributed by atoms with Crippen molar-refractivity contribution in [2.24, 2.45) is 16.7 Å². The minimum absolute atomic E-state index is 0.115. The highest BCUT2D eigenvalue weighted by Gasteiger charge is 2.54. The Morgan fingerprint density at radius 1 is 1.45 bits per heavy atom. The van der Waals surface area contributed by atoms with Crippen LogP contribution in [0.15, 0.2) is 11.6 Å². The predicted octanol–water partition coefficient (Wildman–Crippen LogP) is 2.25. The van der Waals surface area contributed by atoms with E-state index in [2.05, 4.69) is 20.8 Å². The largest absolute Gasteiger partial charge is 0.462 e. The summed E-state index contributed by atoms with van der Waals surface area (Å²) in [5.74, 6) is -0.0704. The summed E-state index contributed by atoms with van der Waals surface area (Å²) < 4.78 is 5.48. The first-order chi connectivity index (χ1) is 9.20. The number of hydrogen-bond acceptors (Lipinski definition) is 4. The monoisotopic (exact) mass is 280 g/mol. The van der Waals surface area contributed by atoms with E-state index >= 15 is 0 Å². The van der Waals surface area contributed by atoms with Crippen molar-refractivity contribution in [1.82, 2.24) is 0 Å². The highest BCUT2D eigenvalue weighted by atomic mass is 16.5. The Labute approximate surface area is 120 Å². The van der Waals surface area contributed by atoms with Crippen molar-refractivity contribution in [1.29, 1.82) is 0 Å². The summed E-state index contributed by atoms with van der Waals surface area (Å²) in [6.45, 7) is 7.76. The van der Waals surface area contributed by atoms with Gasteiger partial charge in [0, 0.05) is 17.9 Å². The normalized spacial score (nSPS) is 39.5. The predicted molar refractivity (Wildman–Crippen MR) is 74.9 cm³/mol. The van der Waals surface area contributed by atoms with E-state index in [0.29, 0.717) is 12.0 Å². The van der Waals surface area contributed by atoms with E-state index in [1.165, 1.54) is 6.92 Å². The number of hydrogen-bond donors (Lipinski definition) is 1. The van der Waals surface area contributed by atoms with Crippen molar-refractivity contribution in [3.63, 3.8) is 0 Å². The fraction of sp³-hybridized carbons (Fsp3) is 0.750. The first-order valence-corrected chi connectivity index (χ1v) is 7.24. The third-order valence-corrected chi connectivity index (χ3v) is 5.25. The van der Waals surface area contributed by atoms with E-state index in [0.717, 1.165) is 19.1 Å². The number of carbonyl (C=O) groups excluding carboxylic acids is 2. The first-order valence-electron chi connectivity index (χ1n) is 7.24. The first kappa shape index (κ1) is 15.2. The standard InChI is InChI=1S/C16H24O4/c1-10(18)20-14-5-6-16(4)8-11(9-17)12(19)7-13(16)15(14,2)3/h8-9,12-14,19H,5-7H2,1-4H3/t12-,13?,14-,16+/m0/s1. The van der Waals surface area contributed by atoms with Crippen LogP contribution in [0, 0.1) is 16.7 Å².